The lowest BCUT2D eigenvalue weighted by molar-refractivity contribution is 0.326. The molecule has 0 unspecified atom stereocenters. The van der Waals surface area contributed by atoms with Crippen molar-refractivity contribution in [2.45, 2.75) is 19.9 Å². The summed E-state index contributed by atoms with van der Waals surface area (Å²) in [7, 11) is 0. The molecule has 0 bridgehead atoms. The Morgan fingerprint density at radius 2 is 2.42 bits per heavy atom. The van der Waals surface area contributed by atoms with Crippen LogP contribution in [0.1, 0.15) is 25.5 Å². The van der Waals surface area contributed by atoms with E-state index in [0.29, 0.717) is 12.5 Å². The van der Waals surface area contributed by atoms with Crippen LogP contribution in [0.15, 0.2) is 18.3 Å². The van der Waals surface area contributed by atoms with Gasteiger partial charge >= 0.3 is 0 Å². The van der Waals surface area contributed by atoms with E-state index < -0.39 is 0 Å². The molecule has 2 N–H and O–H groups in total. The normalized spacial score (nSPS) is 12.6. The van der Waals surface area contributed by atoms with Gasteiger partial charge in [0, 0.05) is 18.3 Å². The minimum Gasteiger partial charge on any atom is -0.478 e. The number of ether oxygens (including phenoxy) is 1. The number of hydrogen-bond acceptors (Lipinski definition) is 3. The standard InChI is InChI=1S/C9H14N2O/c1-3-12-9-6-8(7(2)10)4-5-11-9/h4-7H,3,10H2,1-2H3/t7-/m1/s1. The van der Waals surface area contributed by atoms with E-state index in [2.05, 4.69) is 4.98 Å². The highest BCUT2D eigenvalue weighted by atomic mass is 16.5. The molecule has 3 heteroatoms. The Kier molecular flexibility index (Phi) is 3.05. The van der Waals surface area contributed by atoms with Crippen LogP contribution in [-0.4, -0.2) is 11.6 Å². The van der Waals surface area contributed by atoms with Crippen molar-refractivity contribution < 1.29 is 4.74 Å². The summed E-state index contributed by atoms with van der Waals surface area (Å²) in [6.45, 7) is 4.50. The van der Waals surface area contributed by atoms with E-state index in [1.54, 1.807) is 6.20 Å². The SMILES string of the molecule is CCOc1cc([C@@H](C)N)ccn1. The number of nitrogens with two attached hydrogens (primary N) is 1. The molecule has 1 heterocycles. The number of rotatable bonds is 3. The Balaban J connectivity index is 2.81. The molecule has 1 rings (SSSR count). The van der Waals surface area contributed by atoms with Crippen molar-refractivity contribution in [1.29, 1.82) is 0 Å². The highest BCUT2D eigenvalue weighted by molar-refractivity contribution is 5.22. The van der Waals surface area contributed by atoms with E-state index in [1.807, 2.05) is 26.0 Å². The Hall–Kier alpha value is -1.09. The van der Waals surface area contributed by atoms with Crippen LogP contribution in [-0.2, 0) is 0 Å². The predicted octanol–water partition coefficient (Wildman–Crippen LogP) is 1.50. The number of pyridine rings is 1. The summed E-state index contributed by atoms with van der Waals surface area (Å²) in [6.07, 6.45) is 1.71. The first-order valence-electron chi connectivity index (χ1n) is 4.08. The lowest BCUT2D eigenvalue weighted by Crippen LogP contribution is -2.05. The van der Waals surface area contributed by atoms with Crippen LogP contribution < -0.4 is 10.5 Å². The molecule has 12 heavy (non-hydrogen) atoms. The smallest absolute Gasteiger partial charge is 0.213 e. The van der Waals surface area contributed by atoms with E-state index in [0.717, 1.165) is 5.56 Å². The molecule has 1 aromatic rings. The van der Waals surface area contributed by atoms with Gasteiger partial charge in [-0.15, -0.1) is 0 Å². The minimum absolute atomic E-state index is 0.0345. The summed E-state index contributed by atoms with van der Waals surface area (Å²) in [5, 5.41) is 0. The van der Waals surface area contributed by atoms with Crippen molar-refractivity contribution in [3.8, 4) is 5.88 Å². The zero-order chi connectivity index (χ0) is 8.97. The number of hydrogen-bond donors (Lipinski definition) is 1. The molecule has 0 aliphatic heterocycles. The summed E-state index contributed by atoms with van der Waals surface area (Å²) < 4.78 is 5.23. The lowest BCUT2D eigenvalue weighted by Gasteiger charge is -2.07. The average Bonchev–Trinajstić information content (AvgIpc) is 2.05. The molecule has 66 valence electrons. The van der Waals surface area contributed by atoms with Crippen molar-refractivity contribution in [3.05, 3.63) is 23.9 Å². The van der Waals surface area contributed by atoms with E-state index in [1.165, 1.54) is 0 Å². The first-order valence-corrected chi connectivity index (χ1v) is 4.08. The molecule has 3 nitrogen and oxygen atoms in total. The molecular formula is C9H14N2O. The van der Waals surface area contributed by atoms with Gasteiger partial charge < -0.3 is 10.5 Å². The van der Waals surface area contributed by atoms with E-state index >= 15 is 0 Å². The summed E-state index contributed by atoms with van der Waals surface area (Å²) in [6, 6.07) is 3.80. The second-order valence-electron chi connectivity index (χ2n) is 2.65. The van der Waals surface area contributed by atoms with Crippen LogP contribution in [0.3, 0.4) is 0 Å². The maximum atomic E-state index is 5.70. The van der Waals surface area contributed by atoms with Crippen molar-refractivity contribution in [3.63, 3.8) is 0 Å². The van der Waals surface area contributed by atoms with Gasteiger partial charge in [-0.25, -0.2) is 4.98 Å². The fraction of sp³-hybridized carbons (Fsp3) is 0.444. The van der Waals surface area contributed by atoms with Gasteiger partial charge in [0.25, 0.3) is 0 Å². The number of nitrogens with zero attached hydrogens (tertiary/aromatic N) is 1. The zero-order valence-corrected chi connectivity index (χ0v) is 7.45. The first kappa shape index (κ1) is 9.00. The average molecular weight is 166 g/mol. The molecule has 0 fully saturated rings. The molecule has 0 aliphatic rings. The molecule has 0 radical (unpaired) electrons. The molecule has 0 saturated carbocycles. The summed E-state index contributed by atoms with van der Waals surface area (Å²) in [5.74, 6) is 0.646. The largest absolute Gasteiger partial charge is 0.478 e. The van der Waals surface area contributed by atoms with Gasteiger partial charge in [-0.2, -0.15) is 0 Å². The lowest BCUT2D eigenvalue weighted by atomic mass is 10.1. The Morgan fingerprint density at radius 1 is 1.67 bits per heavy atom. The fourth-order valence-corrected chi connectivity index (χ4v) is 0.935. The Bertz CT molecular complexity index is 248. The van der Waals surface area contributed by atoms with Gasteiger partial charge in [0.05, 0.1) is 6.61 Å². The number of aromatic nitrogens is 1. The van der Waals surface area contributed by atoms with Crippen LogP contribution in [0, 0.1) is 0 Å². The summed E-state index contributed by atoms with van der Waals surface area (Å²) in [4.78, 5) is 4.03. The van der Waals surface area contributed by atoms with Crippen molar-refractivity contribution in [1.82, 2.24) is 4.98 Å². The minimum atomic E-state index is 0.0345. The van der Waals surface area contributed by atoms with Gasteiger partial charge in [0.1, 0.15) is 0 Å². The second-order valence-corrected chi connectivity index (χ2v) is 2.65. The highest BCUT2D eigenvalue weighted by Crippen LogP contribution is 2.14. The van der Waals surface area contributed by atoms with Crippen molar-refractivity contribution >= 4 is 0 Å². The maximum absolute atomic E-state index is 5.70. The van der Waals surface area contributed by atoms with Gasteiger partial charge in [0.2, 0.25) is 5.88 Å². The maximum Gasteiger partial charge on any atom is 0.213 e. The van der Waals surface area contributed by atoms with Crippen molar-refractivity contribution in [2.24, 2.45) is 5.73 Å². The molecule has 1 atom stereocenters. The van der Waals surface area contributed by atoms with Gasteiger partial charge in [-0.3, -0.25) is 0 Å². The van der Waals surface area contributed by atoms with Crippen LogP contribution in [0.5, 0.6) is 5.88 Å². The Labute approximate surface area is 72.6 Å². The topological polar surface area (TPSA) is 48.1 Å². The molecule has 0 saturated heterocycles. The fourth-order valence-electron chi connectivity index (χ4n) is 0.935. The predicted molar refractivity (Wildman–Crippen MR) is 48.0 cm³/mol. The first-order chi connectivity index (χ1) is 5.74. The molecule has 1 aromatic heterocycles. The summed E-state index contributed by atoms with van der Waals surface area (Å²) in [5.41, 5.74) is 6.74. The van der Waals surface area contributed by atoms with Crippen LogP contribution in [0.4, 0.5) is 0 Å². The van der Waals surface area contributed by atoms with Gasteiger partial charge in [-0.05, 0) is 25.5 Å². The molecule has 0 amide bonds. The Morgan fingerprint density at radius 3 is 3.00 bits per heavy atom. The van der Waals surface area contributed by atoms with Crippen LogP contribution in [0.25, 0.3) is 0 Å². The third kappa shape index (κ3) is 2.20. The quantitative estimate of drug-likeness (QED) is 0.740. The molecular weight excluding hydrogens is 152 g/mol. The van der Waals surface area contributed by atoms with Crippen molar-refractivity contribution in [2.75, 3.05) is 6.61 Å². The molecule has 0 aromatic carbocycles. The highest BCUT2D eigenvalue weighted by Gasteiger charge is 2.00. The van der Waals surface area contributed by atoms with Gasteiger partial charge in [0.15, 0.2) is 0 Å². The van der Waals surface area contributed by atoms with Crippen LogP contribution >= 0.6 is 0 Å². The molecule has 0 spiro atoms. The third-order valence-corrected chi connectivity index (χ3v) is 1.58. The zero-order valence-electron chi connectivity index (χ0n) is 7.45. The van der Waals surface area contributed by atoms with Gasteiger partial charge in [-0.1, -0.05) is 0 Å². The second kappa shape index (κ2) is 4.07. The van der Waals surface area contributed by atoms with E-state index in [9.17, 15) is 0 Å². The van der Waals surface area contributed by atoms with Crippen LogP contribution in [0.2, 0.25) is 0 Å². The summed E-state index contributed by atoms with van der Waals surface area (Å²) >= 11 is 0. The monoisotopic (exact) mass is 166 g/mol. The van der Waals surface area contributed by atoms with E-state index in [4.69, 9.17) is 10.5 Å². The molecule has 0 aliphatic carbocycles. The third-order valence-electron chi connectivity index (χ3n) is 1.58. The van der Waals surface area contributed by atoms with E-state index in [-0.39, 0.29) is 6.04 Å².